The van der Waals surface area contributed by atoms with Crippen LogP contribution in [0.25, 0.3) is 0 Å². The molecule has 3 heteroatoms. The van der Waals surface area contributed by atoms with Gasteiger partial charge in [0.15, 0.2) is 0 Å². The molecule has 1 aromatic rings. The van der Waals surface area contributed by atoms with Gasteiger partial charge in [0.05, 0.1) is 6.61 Å². The van der Waals surface area contributed by atoms with Crippen LogP contribution in [0.2, 0.25) is 0 Å². The Bertz CT molecular complexity index is 288. The Morgan fingerprint density at radius 3 is 2.64 bits per heavy atom. The summed E-state index contributed by atoms with van der Waals surface area (Å²) in [5, 5.41) is 18.2. The third-order valence-corrected chi connectivity index (χ3v) is 2.67. The van der Waals surface area contributed by atoms with Crippen molar-refractivity contribution >= 4 is 0 Å². The summed E-state index contributed by atoms with van der Waals surface area (Å²) >= 11 is 0. The van der Waals surface area contributed by atoms with E-state index in [-0.39, 0.29) is 25.0 Å². The maximum absolute atomic E-state index is 9.12. The van der Waals surface area contributed by atoms with Gasteiger partial charge in [0.25, 0.3) is 0 Å². The molecule has 78 valence electrons. The average Bonchev–Trinajstić information content (AvgIpc) is 2.26. The van der Waals surface area contributed by atoms with E-state index < -0.39 is 0 Å². The quantitative estimate of drug-likeness (QED) is 0.761. The molecule has 0 aliphatic carbocycles. The van der Waals surface area contributed by atoms with E-state index >= 15 is 0 Å². The Morgan fingerprint density at radius 1 is 1.36 bits per heavy atom. The monoisotopic (exact) mass is 195 g/mol. The van der Waals surface area contributed by atoms with Gasteiger partial charge in [0.1, 0.15) is 0 Å². The number of aliphatic hydroxyl groups is 2. The molecule has 1 aromatic heterocycles. The first-order chi connectivity index (χ1) is 6.70. The van der Waals surface area contributed by atoms with E-state index in [1.165, 1.54) is 0 Å². The van der Waals surface area contributed by atoms with Crippen molar-refractivity contribution in [2.24, 2.45) is 5.92 Å². The van der Waals surface area contributed by atoms with Crippen LogP contribution in [0.3, 0.4) is 0 Å². The van der Waals surface area contributed by atoms with E-state index in [2.05, 4.69) is 4.98 Å². The number of rotatable bonds is 4. The molecule has 2 atom stereocenters. The molecule has 3 nitrogen and oxygen atoms in total. The summed E-state index contributed by atoms with van der Waals surface area (Å²) in [7, 11) is 0. The van der Waals surface area contributed by atoms with Crippen molar-refractivity contribution in [3.05, 3.63) is 29.6 Å². The highest BCUT2D eigenvalue weighted by Gasteiger charge is 2.17. The topological polar surface area (TPSA) is 53.4 Å². The molecular formula is C11H17NO2. The molecule has 0 aliphatic rings. The molecule has 0 saturated heterocycles. The van der Waals surface area contributed by atoms with Crippen LogP contribution in [0.4, 0.5) is 0 Å². The number of aliphatic hydroxyl groups excluding tert-OH is 2. The molecule has 0 aromatic carbocycles. The molecule has 2 N–H and O–H groups in total. The third-order valence-electron chi connectivity index (χ3n) is 2.67. The van der Waals surface area contributed by atoms with Crippen molar-refractivity contribution < 1.29 is 10.2 Å². The Morgan fingerprint density at radius 2 is 2.07 bits per heavy atom. The van der Waals surface area contributed by atoms with E-state index in [4.69, 9.17) is 10.2 Å². The summed E-state index contributed by atoms with van der Waals surface area (Å²) < 4.78 is 0. The number of aromatic nitrogens is 1. The smallest absolute Gasteiger partial charge is 0.0699 e. The molecule has 0 radical (unpaired) electrons. The lowest BCUT2D eigenvalue weighted by molar-refractivity contribution is 0.217. The SMILES string of the molecule is C[C@H](CO)[C@H](C)c1ncccc1CO. The second-order valence-electron chi connectivity index (χ2n) is 3.65. The van der Waals surface area contributed by atoms with Crippen LogP contribution in [-0.4, -0.2) is 21.8 Å². The normalized spacial score (nSPS) is 15.1. The van der Waals surface area contributed by atoms with Crippen molar-refractivity contribution in [2.75, 3.05) is 6.61 Å². The van der Waals surface area contributed by atoms with Gasteiger partial charge in [-0.1, -0.05) is 19.9 Å². The van der Waals surface area contributed by atoms with Gasteiger partial charge in [-0.25, -0.2) is 0 Å². The summed E-state index contributed by atoms with van der Waals surface area (Å²) in [6.07, 6.45) is 1.72. The molecular weight excluding hydrogens is 178 g/mol. The lowest BCUT2D eigenvalue weighted by Gasteiger charge is -2.19. The van der Waals surface area contributed by atoms with Crippen molar-refractivity contribution in [3.63, 3.8) is 0 Å². The molecule has 1 rings (SSSR count). The van der Waals surface area contributed by atoms with Gasteiger partial charge in [0.2, 0.25) is 0 Å². The van der Waals surface area contributed by atoms with Crippen molar-refractivity contribution in [3.8, 4) is 0 Å². The van der Waals surface area contributed by atoms with Gasteiger partial charge in [-0.2, -0.15) is 0 Å². The first-order valence-electron chi connectivity index (χ1n) is 4.86. The maximum Gasteiger partial charge on any atom is 0.0699 e. The standard InChI is InChI=1S/C11H17NO2/c1-8(6-13)9(2)11-10(7-14)4-3-5-12-11/h3-5,8-9,13-14H,6-7H2,1-2H3/t8-,9+/m1/s1. The van der Waals surface area contributed by atoms with E-state index in [1.54, 1.807) is 6.20 Å². The number of pyridine rings is 1. The predicted molar refractivity (Wildman–Crippen MR) is 54.8 cm³/mol. The van der Waals surface area contributed by atoms with E-state index in [0.29, 0.717) is 0 Å². The Labute approximate surface area is 84.4 Å². The molecule has 0 unspecified atom stereocenters. The molecule has 14 heavy (non-hydrogen) atoms. The second kappa shape index (κ2) is 5.08. The highest BCUT2D eigenvalue weighted by molar-refractivity contribution is 5.22. The largest absolute Gasteiger partial charge is 0.396 e. The van der Waals surface area contributed by atoms with Gasteiger partial charge in [-0.3, -0.25) is 4.98 Å². The number of hydrogen-bond donors (Lipinski definition) is 2. The molecule has 0 amide bonds. The highest BCUT2D eigenvalue weighted by Crippen LogP contribution is 2.24. The fourth-order valence-corrected chi connectivity index (χ4v) is 1.42. The van der Waals surface area contributed by atoms with E-state index in [9.17, 15) is 0 Å². The van der Waals surface area contributed by atoms with Crippen LogP contribution in [-0.2, 0) is 6.61 Å². The van der Waals surface area contributed by atoms with Crippen molar-refractivity contribution in [1.82, 2.24) is 4.98 Å². The zero-order valence-electron chi connectivity index (χ0n) is 8.64. The van der Waals surface area contributed by atoms with Gasteiger partial charge >= 0.3 is 0 Å². The molecule has 1 heterocycles. The zero-order chi connectivity index (χ0) is 10.6. The Balaban J connectivity index is 2.93. The minimum absolute atomic E-state index is 0.00562. The van der Waals surface area contributed by atoms with Gasteiger partial charge in [0, 0.05) is 24.4 Å². The van der Waals surface area contributed by atoms with Gasteiger partial charge in [-0.05, 0) is 17.5 Å². The number of nitrogens with zero attached hydrogens (tertiary/aromatic N) is 1. The summed E-state index contributed by atoms with van der Waals surface area (Å²) in [5.41, 5.74) is 1.73. The van der Waals surface area contributed by atoms with Crippen LogP contribution in [0.1, 0.15) is 31.0 Å². The van der Waals surface area contributed by atoms with E-state index in [1.807, 2.05) is 26.0 Å². The predicted octanol–water partition coefficient (Wildman–Crippen LogP) is 1.31. The molecule has 0 saturated carbocycles. The molecule has 0 aliphatic heterocycles. The minimum atomic E-state index is 0.00562. The van der Waals surface area contributed by atoms with Crippen LogP contribution >= 0.6 is 0 Å². The minimum Gasteiger partial charge on any atom is -0.396 e. The summed E-state index contributed by atoms with van der Waals surface area (Å²) in [6.45, 7) is 4.14. The molecule has 0 spiro atoms. The lowest BCUT2D eigenvalue weighted by atomic mass is 9.91. The fraction of sp³-hybridized carbons (Fsp3) is 0.545. The average molecular weight is 195 g/mol. The summed E-state index contributed by atoms with van der Waals surface area (Å²) in [5.74, 6) is 0.332. The highest BCUT2D eigenvalue weighted by atomic mass is 16.3. The second-order valence-corrected chi connectivity index (χ2v) is 3.65. The molecule has 0 fully saturated rings. The van der Waals surface area contributed by atoms with Crippen LogP contribution in [0.5, 0.6) is 0 Å². The third kappa shape index (κ3) is 2.30. The van der Waals surface area contributed by atoms with Crippen LogP contribution in [0, 0.1) is 5.92 Å². The van der Waals surface area contributed by atoms with Crippen LogP contribution in [0.15, 0.2) is 18.3 Å². The lowest BCUT2D eigenvalue weighted by Crippen LogP contribution is -2.13. The first kappa shape index (κ1) is 11.1. The van der Waals surface area contributed by atoms with E-state index in [0.717, 1.165) is 11.3 Å². The first-order valence-corrected chi connectivity index (χ1v) is 4.86. The van der Waals surface area contributed by atoms with Gasteiger partial charge in [-0.15, -0.1) is 0 Å². The van der Waals surface area contributed by atoms with Crippen molar-refractivity contribution in [1.29, 1.82) is 0 Å². The number of hydrogen-bond acceptors (Lipinski definition) is 3. The van der Waals surface area contributed by atoms with Crippen molar-refractivity contribution in [2.45, 2.75) is 26.4 Å². The fourth-order valence-electron chi connectivity index (χ4n) is 1.42. The van der Waals surface area contributed by atoms with Gasteiger partial charge < -0.3 is 10.2 Å². The Kier molecular flexibility index (Phi) is 4.04. The Hall–Kier alpha value is -0.930. The zero-order valence-corrected chi connectivity index (χ0v) is 8.64. The summed E-state index contributed by atoms with van der Waals surface area (Å²) in [6, 6.07) is 3.67. The van der Waals surface area contributed by atoms with Crippen LogP contribution < -0.4 is 0 Å². The summed E-state index contributed by atoms with van der Waals surface area (Å²) in [4.78, 5) is 4.25. The maximum atomic E-state index is 9.12. The molecule has 0 bridgehead atoms.